The Kier molecular flexibility index (Phi) is 4.39. The quantitative estimate of drug-likeness (QED) is 0.891. The van der Waals surface area contributed by atoms with Crippen molar-refractivity contribution in [1.29, 1.82) is 0 Å². The number of rotatable bonds is 3. The third-order valence-electron chi connectivity index (χ3n) is 3.94. The van der Waals surface area contributed by atoms with Crippen molar-refractivity contribution >= 4 is 0 Å². The third kappa shape index (κ3) is 3.73. The summed E-state index contributed by atoms with van der Waals surface area (Å²) in [5.74, 6) is 0. The molecule has 0 amide bonds. The maximum absolute atomic E-state index is 12.7. The smallest absolute Gasteiger partial charge is 0.316 e. The van der Waals surface area contributed by atoms with Crippen molar-refractivity contribution in [3.63, 3.8) is 0 Å². The van der Waals surface area contributed by atoms with Gasteiger partial charge in [0.2, 0.25) is 0 Å². The Morgan fingerprint density at radius 3 is 2.75 bits per heavy atom. The molecule has 1 aromatic carbocycles. The molecule has 1 aliphatic heterocycles. The summed E-state index contributed by atoms with van der Waals surface area (Å²) in [6, 6.07) is 5.85. The van der Waals surface area contributed by atoms with E-state index in [0.29, 0.717) is 18.2 Å². The Morgan fingerprint density at radius 2 is 2.10 bits per heavy atom. The topological polar surface area (TPSA) is 24.1 Å². The Labute approximate surface area is 117 Å². The normalized spacial score (nSPS) is 22.8. The van der Waals surface area contributed by atoms with E-state index >= 15 is 0 Å². The molecule has 0 aromatic heterocycles. The van der Waals surface area contributed by atoms with Gasteiger partial charge in [-0.2, -0.15) is 13.2 Å². The summed E-state index contributed by atoms with van der Waals surface area (Å²) in [5, 5.41) is 6.74. The number of nitrogens with one attached hydrogen (secondary N) is 2. The van der Waals surface area contributed by atoms with Gasteiger partial charge < -0.3 is 10.6 Å². The monoisotopic (exact) mass is 286 g/mol. The van der Waals surface area contributed by atoms with Gasteiger partial charge in [0.25, 0.3) is 0 Å². The maximum atomic E-state index is 12.7. The molecule has 1 atom stereocenters. The maximum Gasteiger partial charge on any atom is 0.416 e. The molecule has 1 aliphatic rings. The minimum atomic E-state index is -4.27. The van der Waals surface area contributed by atoms with E-state index in [2.05, 4.69) is 24.5 Å². The van der Waals surface area contributed by atoms with Crippen LogP contribution in [0, 0.1) is 5.41 Å². The lowest BCUT2D eigenvalue weighted by Gasteiger charge is -2.39. The zero-order valence-electron chi connectivity index (χ0n) is 11.8. The molecule has 1 aromatic rings. The molecule has 2 rings (SSSR count). The van der Waals surface area contributed by atoms with E-state index in [4.69, 9.17) is 0 Å². The van der Waals surface area contributed by atoms with Crippen molar-refractivity contribution in [3.05, 3.63) is 35.4 Å². The molecule has 1 heterocycles. The number of piperidine rings is 1. The summed E-state index contributed by atoms with van der Waals surface area (Å²) in [6.07, 6.45) is -3.28. The average Bonchev–Trinajstić information content (AvgIpc) is 2.36. The Hall–Kier alpha value is -1.07. The SMILES string of the molecule is CC1(C)CNCCC1NCc1cccc(C(F)(F)F)c1. The van der Waals surface area contributed by atoms with Crippen LogP contribution in [0.15, 0.2) is 24.3 Å². The van der Waals surface area contributed by atoms with Crippen LogP contribution in [-0.4, -0.2) is 19.1 Å². The highest BCUT2D eigenvalue weighted by Crippen LogP contribution is 2.30. The highest BCUT2D eigenvalue weighted by Gasteiger charge is 2.32. The predicted octanol–water partition coefficient (Wildman–Crippen LogP) is 3.18. The van der Waals surface area contributed by atoms with Crippen LogP contribution in [0.4, 0.5) is 13.2 Å². The zero-order chi connectivity index (χ0) is 14.8. The average molecular weight is 286 g/mol. The van der Waals surface area contributed by atoms with E-state index in [-0.39, 0.29) is 5.41 Å². The molecule has 2 nitrogen and oxygen atoms in total. The first-order valence-electron chi connectivity index (χ1n) is 6.89. The fourth-order valence-electron chi connectivity index (χ4n) is 2.65. The molecule has 5 heteroatoms. The van der Waals surface area contributed by atoms with Crippen molar-refractivity contribution in [3.8, 4) is 0 Å². The fraction of sp³-hybridized carbons (Fsp3) is 0.600. The highest BCUT2D eigenvalue weighted by molar-refractivity contribution is 5.25. The molecular weight excluding hydrogens is 265 g/mol. The van der Waals surface area contributed by atoms with E-state index in [1.165, 1.54) is 12.1 Å². The van der Waals surface area contributed by atoms with Gasteiger partial charge in [-0.1, -0.05) is 32.0 Å². The van der Waals surface area contributed by atoms with E-state index in [1.54, 1.807) is 6.07 Å². The molecule has 1 unspecified atom stereocenters. The number of hydrogen-bond acceptors (Lipinski definition) is 2. The lowest BCUT2D eigenvalue weighted by Crippen LogP contribution is -2.52. The van der Waals surface area contributed by atoms with Crippen molar-refractivity contribution in [1.82, 2.24) is 10.6 Å². The number of hydrogen-bond donors (Lipinski definition) is 2. The van der Waals surface area contributed by atoms with Gasteiger partial charge in [0, 0.05) is 19.1 Å². The summed E-state index contributed by atoms with van der Waals surface area (Å²) in [7, 11) is 0. The van der Waals surface area contributed by atoms with Gasteiger partial charge in [-0.05, 0) is 30.0 Å². The Bertz CT molecular complexity index is 455. The number of alkyl halides is 3. The van der Waals surface area contributed by atoms with Gasteiger partial charge >= 0.3 is 6.18 Å². The molecule has 0 bridgehead atoms. The number of benzene rings is 1. The lowest BCUT2D eigenvalue weighted by atomic mass is 9.80. The molecule has 0 spiro atoms. The molecule has 20 heavy (non-hydrogen) atoms. The molecule has 1 saturated heterocycles. The van der Waals surface area contributed by atoms with Gasteiger partial charge in [0.15, 0.2) is 0 Å². The molecule has 0 radical (unpaired) electrons. The van der Waals surface area contributed by atoms with Crippen molar-refractivity contribution < 1.29 is 13.2 Å². The molecule has 0 aliphatic carbocycles. The first-order valence-corrected chi connectivity index (χ1v) is 6.89. The van der Waals surface area contributed by atoms with Gasteiger partial charge in [-0.25, -0.2) is 0 Å². The van der Waals surface area contributed by atoms with Crippen LogP contribution >= 0.6 is 0 Å². The minimum absolute atomic E-state index is 0.111. The highest BCUT2D eigenvalue weighted by atomic mass is 19.4. The van der Waals surface area contributed by atoms with E-state index in [0.717, 1.165) is 25.6 Å². The summed E-state index contributed by atoms with van der Waals surface area (Å²) in [4.78, 5) is 0. The first kappa shape index (κ1) is 15.3. The summed E-state index contributed by atoms with van der Waals surface area (Å²) in [6.45, 7) is 6.68. The first-order chi connectivity index (χ1) is 9.29. The van der Waals surface area contributed by atoms with E-state index in [9.17, 15) is 13.2 Å². The van der Waals surface area contributed by atoms with Crippen LogP contribution in [0.1, 0.15) is 31.4 Å². The molecule has 0 saturated carbocycles. The Morgan fingerprint density at radius 1 is 1.35 bits per heavy atom. The zero-order valence-corrected chi connectivity index (χ0v) is 11.8. The summed E-state index contributed by atoms with van der Waals surface area (Å²) < 4.78 is 38.0. The van der Waals surface area contributed by atoms with Gasteiger partial charge in [0.1, 0.15) is 0 Å². The lowest BCUT2D eigenvalue weighted by molar-refractivity contribution is -0.137. The van der Waals surface area contributed by atoms with Gasteiger partial charge in [-0.3, -0.25) is 0 Å². The van der Waals surface area contributed by atoms with Crippen LogP contribution in [0.3, 0.4) is 0 Å². The van der Waals surface area contributed by atoms with Crippen LogP contribution in [0.25, 0.3) is 0 Å². The third-order valence-corrected chi connectivity index (χ3v) is 3.94. The summed E-state index contributed by atoms with van der Waals surface area (Å²) >= 11 is 0. The van der Waals surface area contributed by atoms with Crippen molar-refractivity contribution in [2.45, 2.75) is 39.0 Å². The van der Waals surface area contributed by atoms with Gasteiger partial charge in [0.05, 0.1) is 5.56 Å². The second-order valence-corrected chi connectivity index (χ2v) is 6.09. The standard InChI is InChI=1S/C15H21F3N2/c1-14(2)10-19-7-6-13(14)20-9-11-4-3-5-12(8-11)15(16,17)18/h3-5,8,13,19-20H,6-7,9-10H2,1-2H3. The van der Waals surface area contributed by atoms with Gasteiger partial charge in [-0.15, -0.1) is 0 Å². The van der Waals surface area contributed by atoms with E-state index in [1.807, 2.05) is 0 Å². The second kappa shape index (κ2) is 5.74. The van der Waals surface area contributed by atoms with Crippen LogP contribution in [0.5, 0.6) is 0 Å². The summed E-state index contributed by atoms with van der Waals surface area (Å²) in [5.41, 5.74) is 0.204. The van der Waals surface area contributed by atoms with E-state index < -0.39 is 11.7 Å². The Balaban J connectivity index is 2.00. The minimum Gasteiger partial charge on any atom is -0.316 e. The predicted molar refractivity (Wildman–Crippen MR) is 73.3 cm³/mol. The molecule has 112 valence electrons. The van der Waals surface area contributed by atoms with Crippen LogP contribution < -0.4 is 10.6 Å². The molecule has 1 fully saturated rings. The van der Waals surface area contributed by atoms with Crippen LogP contribution in [-0.2, 0) is 12.7 Å². The second-order valence-electron chi connectivity index (χ2n) is 6.09. The van der Waals surface area contributed by atoms with Crippen LogP contribution in [0.2, 0.25) is 0 Å². The van der Waals surface area contributed by atoms with Crippen molar-refractivity contribution in [2.75, 3.05) is 13.1 Å². The molecule has 2 N–H and O–H groups in total. The largest absolute Gasteiger partial charge is 0.416 e. The van der Waals surface area contributed by atoms with Crippen molar-refractivity contribution in [2.24, 2.45) is 5.41 Å². The molecular formula is C15H21F3N2. The fourth-order valence-corrected chi connectivity index (χ4v) is 2.65. The number of halogens is 3.